The number of allylic oxidation sites excluding steroid dienone is 10. The van der Waals surface area contributed by atoms with Crippen LogP contribution in [0, 0.1) is 23.7 Å². The molecule has 0 heterocycles. The van der Waals surface area contributed by atoms with Gasteiger partial charge < -0.3 is 0 Å². The molecule has 0 saturated carbocycles. The lowest BCUT2D eigenvalue weighted by molar-refractivity contribution is -0.119. The van der Waals surface area contributed by atoms with Crippen LogP contribution in [0.5, 0.6) is 0 Å². The summed E-state index contributed by atoms with van der Waals surface area (Å²) in [7, 11) is 0. The molecule has 0 spiro atoms. The summed E-state index contributed by atoms with van der Waals surface area (Å²) in [5.74, 6) is 1.46. The number of carbonyl (C=O) groups excluding carboxylic acids is 1. The first-order valence-electron chi connectivity index (χ1n) is 6.68. The Bertz CT molecular complexity index is 528. The summed E-state index contributed by atoms with van der Waals surface area (Å²) < 4.78 is 0. The van der Waals surface area contributed by atoms with Crippen LogP contribution < -0.4 is 0 Å². The largest absolute Gasteiger partial charge is 0.293 e. The van der Waals surface area contributed by atoms with Crippen molar-refractivity contribution in [2.75, 3.05) is 0 Å². The van der Waals surface area contributed by atoms with Gasteiger partial charge in [-0.2, -0.15) is 0 Å². The highest BCUT2D eigenvalue weighted by atomic mass is 16.1. The molecule has 0 amide bonds. The van der Waals surface area contributed by atoms with Crippen LogP contribution >= 0.6 is 0 Å². The van der Waals surface area contributed by atoms with E-state index in [1.54, 1.807) is 0 Å². The van der Waals surface area contributed by atoms with Gasteiger partial charge in [-0.05, 0) is 23.3 Å². The molecule has 3 aliphatic rings. The molecule has 4 unspecified atom stereocenters. The van der Waals surface area contributed by atoms with Crippen molar-refractivity contribution >= 4 is 5.78 Å². The Hall–Kier alpha value is -1.63. The first-order chi connectivity index (χ1) is 8.68. The zero-order chi connectivity index (χ0) is 12.7. The maximum absolute atomic E-state index is 12.6. The second kappa shape index (κ2) is 4.24. The van der Waals surface area contributed by atoms with Gasteiger partial charge in [0, 0.05) is 11.5 Å². The van der Waals surface area contributed by atoms with Crippen molar-refractivity contribution in [3.05, 3.63) is 59.8 Å². The van der Waals surface area contributed by atoms with Crippen LogP contribution in [0.4, 0.5) is 0 Å². The van der Waals surface area contributed by atoms with Gasteiger partial charge in [0.25, 0.3) is 0 Å². The van der Waals surface area contributed by atoms with Crippen molar-refractivity contribution in [3.63, 3.8) is 0 Å². The lowest BCUT2D eigenvalue weighted by Crippen LogP contribution is -2.34. The average Bonchev–Trinajstić information content (AvgIpc) is 2.59. The quantitative estimate of drug-likeness (QED) is 0.630. The van der Waals surface area contributed by atoms with Gasteiger partial charge in [0.05, 0.1) is 0 Å². The standard InChI is InChI=1S/C17H18O/c1-11-7-9-14-12(2)13-5-3-4-6-15(13)17(18)16(14)10-8-11/h3-13,15H,1-2H3. The number of Topliss-reactive ketones (excluding diaryl/α,β-unsaturated/α-hetero) is 1. The van der Waals surface area contributed by atoms with E-state index >= 15 is 0 Å². The highest BCUT2D eigenvalue weighted by Gasteiger charge is 2.38. The van der Waals surface area contributed by atoms with E-state index < -0.39 is 0 Å². The predicted octanol–water partition coefficient (Wildman–Crippen LogP) is 3.62. The van der Waals surface area contributed by atoms with E-state index in [-0.39, 0.29) is 11.7 Å². The minimum absolute atomic E-state index is 0.0372. The normalized spacial score (nSPS) is 37.6. The Balaban J connectivity index is 2.11. The molecule has 0 aromatic carbocycles. The van der Waals surface area contributed by atoms with Crippen molar-refractivity contribution in [1.29, 1.82) is 0 Å². The molecule has 18 heavy (non-hydrogen) atoms. The lowest BCUT2D eigenvalue weighted by atomic mass is 9.67. The fraction of sp³-hybridized carbons (Fsp3) is 0.353. The molecule has 0 aromatic rings. The molecule has 0 saturated heterocycles. The van der Waals surface area contributed by atoms with Gasteiger partial charge in [-0.1, -0.05) is 62.5 Å². The molecule has 4 atom stereocenters. The summed E-state index contributed by atoms with van der Waals surface area (Å²) in [5.41, 5.74) is 2.13. The molecule has 92 valence electrons. The number of rotatable bonds is 0. The number of hydrogen-bond acceptors (Lipinski definition) is 1. The monoisotopic (exact) mass is 238 g/mol. The van der Waals surface area contributed by atoms with E-state index in [4.69, 9.17) is 0 Å². The van der Waals surface area contributed by atoms with Crippen molar-refractivity contribution < 1.29 is 4.79 Å². The van der Waals surface area contributed by atoms with Crippen LogP contribution in [0.25, 0.3) is 0 Å². The van der Waals surface area contributed by atoms with Gasteiger partial charge in [0.2, 0.25) is 0 Å². The SMILES string of the molecule is CC1C=CC2=C(C=C1)C(C)C1C=CC=CC1C2=O. The molecular formula is C17H18O. The summed E-state index contributed by atoms with van der Waals surface area (Å²) in [6.45, 7) is 4.38. The average molecular weight is 238 g/mol. The van der Waals surface area contributed by atoms with E-state index in [9.17, 15) is 4.79 Å². The highest BCUT2D eigenvalue weighted by Crippen LogP contribution is 2.41. The zero-order valence-corrected chi connectivity index (χ0v) is 10.8. The van der Waals surface area contributed by atoms with E-state index in [2.05, 4.69) is 50.3 Å². The third-order valence-corrected chi connectivity index (χ3v) is 4.27. The molecule has 1 heteroatoms. The van der Waals surface area contributed by atoms with Crippen LogP contribution in [0.1, 0.15) is 13.8 Å². The second-order valence-corrected chi connectivity index (χ2v) is 5.47. The topological polar surface area (TPSA) is 17.1 Å². The van der Waals surface area contributed by atoms with E-state index in [0.29, 0.717) is 17.8 Å². The summed E-state index contributed by atoms with van der Waals surface area (Å²) in [6, 6.07) is 0. The molecule has 0 N–H and O–H groups in total. The van der Waals surface area contributed by atoms with Gasteiger partial charge in [-0.25, -0.2) is 0 Å². The van der Waals surface area contributed by atoms with Crippen LogP contribution in [-0.4, -0.2) is 5.78 Å². The Morgan fingerprint density at radius 1 is 0.944 bits per heavy atom. The minimum atomic E-state index is 0.0372. The Kier molecular flexibility index (Phi) is 2.70. The molecular weight excluding hydrogens is 220 g/mol. The summed E-state index contributed by atoms with van der Waals surface area (Å²) in [5, 5.41) is 0. The Labute approximate surface area is 108 Å². The first kappa shape index (κ1) is 11.5. The molecule has 0 bridgehead atoms. The fourth-order valence-electron chi connectivity index (χ4n) is 3.13. The number of fused-ring (bicyclic) bond motifs is 1. The lowest BCUT2D eigenvalue weighted by Gasteiger charge is -2.35. The first-order valence-corrected chi connectivity index (χ1v) is 6.68. The van der Waals surface area contributed by atoms with Crippen LogP contribution in [0.3, 0.4) is 0 Å². The van der Waals surface area contributed by atoms with Gasteiger partial charge in [0.1, 0.15) is 0 Å². The Morgan fingerprint density at radius 3 is 2.50 bits per heavy atom. The van der Waals surface area contributed by atoms with Crippen molar-refractivity contribution in [1.82, 2.24) is 0 Å². The van der Waals surface area contributed by atoms with Gasteiger partial charge in [-0.3, -0.25) is 4.79 Å². The number of carbonyl (C=O) groups is 1. The zero-order valence-electron chi connectivity index (χ0n) is 10.8. The summed E-state index contributed by atoms with van der Waals surface area (Å²) >= 11 is 0. The molecule has 0 aliphatic heterocycles. The molecule has 1 nitrogen and oxygen atoms in total. The third kappa shape index (κ3) is 1.66. The van der Waals surface area contributed by atoms with Crippen LogP contribution in [0.15, 0.2) is 59.8 Å². The van der Waals surface area contributed by atoms with Gasteiger partial charge in [0.15, 0.2) is 5.78 Å². The number of ketones is 1. The maximum atomic E-state index is 12.6. The summed E-state index contributed by atoms with van der Waals surface area (Å²) in [4.78, 5) is 12.6. The van der Waals surface area contributed by atoms with E-state index in [1.165, 1.54) is 5.57 Å². The smallest absolute Gasteiger partial charge is 0.170 e. The molecule has 0 fully saturated rings. The molecule has 3 aliphatic carbocycles. The Morgan fingerprint density at radius 2 is 1.67 bits per heavy atom. The minimum Gasteiger partial charge on any atom is -0.293 e. The van der Waals surface area contributed by atoms with Crippen molar-refractivity contribution in [2.45, 2.75) is 13.8 Å². The third-order valence-electron chi connectivity index (χ3n) is 4.27. The maximum Gasteiger partial charge on any atom is 0.170 e. The highest BCUT2D eigenvalue weighted by molar-refractivity contribution is 6.03. The summed E-state index contributed by atoms with van der Waals surface area (Å²) in [6.07, 6.45) is 16.8. The predicted molar refractivity (Wildman–Crippen MR) is 73.9 cm³/mol. The second-order valence-electron chi connectivity index (χ2n) is 5.47. The van der Waals surface area contributed by atoms with E-state index in [1.807, 2.05) is 12.2 Å². The van der Waals surface area contributed by atoms with E-state index in [0.717, 1.165) is 5.57 Å². The van der Waals surface area contributed by atoms with Gasteiger partial charge in [-0.15, -0.1) is 0 Å². The number of hydrogen-bond donors (Lipinski definition) is 0. The molecule has 0 radical (unpaired) electrons. The van der Waals surface area contributed by atoms with Gasteiger partial charge >= 0.3 is 0 Å². The van der Waals surface area contributed by atoms with Crippen LogP contribution in [0.2, 0.25) is 0 Å². The molecule has 0 aromatic heterocycles. The van der Waals surface area contributed by atoms with Crippen LogP contribution in [-0.2, 0) is 4.79 Å². The van der Waals surface area contributed by atoms with Crippen molar-refractivity contribution in [3.8, 4) is 0 Å². The molecule has 3 rings (SSSR count). The fourth-order valence-corrected chi connectivity index (χ4v) is 3.13. The van der Waals surface area contributed by atoms with Crippen molar-refractivity contribution in [2.24, 2.45) is 23.7 Å².